The van der Waals surface area contributed by atoms with Crippen LogP contribution in [-0.2, 0) is 10.4 Å². The smallest absolute Gasteiger partial charge is 0.413 e. The summed E-state index contributed by atoms with van der Waals surface area (Å²) in [5.74, 6) is 0.335. The molecule has 1 unspecified atom stereocenters. The van der Waals surface area contributed by atoms with Crippen LogP contribution in [0, 0.1) is 29.6 Å². The molecule has 3 rings (SSSR count). The van der Waals surface area contributed by atoms with Gasteiger partial charge < -0.3 is 15.1 Å². The van der Waals surface area contributed by atoms with Crippen molar-refractivity contribution in [3.8, 4) is 6.07 Å². The lowest BCUT2D eigenvalue weighted by molar-refractivity contribution is -0.131. The summed E-state index contributed by atoms with van der Waals surface area (Å²) in [7, 11) is 0. The maximum Gasteiger partial charge on any atom is 0.413 e. The minimum absolute atomic E-state index is 0.0378. The number of Topliss-reactive ketones (excluding diaryl/α,β-unsaturated/α-hetero) is 1. The zero-order valence-electron chi connectivity index (χ0n) is 23.1. The topological polar surface area (TPSA) is 131 Å². The number of aryl methyl sites for hydroxylation is 1. The molecule has 204 valence electrons. The SMILES string of the molecule is CCCCN(C[C@]1(C)CC(CN(C(=O)O)c2cnc(C(C)(C)O)cn2)CCC1=O)c1cc(C#N)ccc1C. The van der Waals surface area contributed by atoms with Crippen molar-refractivity contribution < 1.29 is 19.8 Å². The molecular formula is C29H39N5O4. The van der Waals surface area contributed by atoms with Gasteiger partial charge in [-0.2, -0.15) is 5.26 Å². The van der Waals surface area contributed by atoms with E-state index in [-0.39, 0.29) is 24.1 Å². The van der Waals surface area contributed by atoms with Gasteiger partial charge in [0.15, 0.2) is 5.82 Å². The molecule has 1 aromatic carbocycles. The number of hydrogen-bond acceptors (Lipinski definition) is 7. The summed E-state index contributed by atoms with van der Waals surface area (Å²) < 4.78 is 0. The third-order valence-electron chi connectivity index (χ3n) is 7.41. The second-order valence-corrected chi connectivity index (χ2v) is 11.2. The summed E-state index contributed by atoms with van der Waals surface area (Å²) in [6, 6.07) is 7.85. The molecule has 1 fully saturated rings. The van der Waals surface area contributed by atoms with Crippen LogP contribution < -0.4 is 9.80 Å². The fraction of sp³-hybridized carbons (Fsp3) is 0.552. The lowest BCUT2D eigenvalue weighted by Gasteiger charge is -2.42. The number of unbranched alkanes of at least 4 members (excludes halogenated alkanes) is 1. The van der Waals surface area contributed by atoms with Crippen LogP contribution in [0.3, 0.4) is 0 Å². The van der Waals surface area contributed by atoms with Crippen LogP contribution in [0.4, 0.5) is 16.3 Å². The molecular weight excluding hydrogens is 482 g/mol. The first-order valence-corrected chi connectivity index (χ1v) is 13.2. The Bertz CT molecular complexity index is 1180. The predicted molar refractivity (Wildman–Crippen MR) is 146 cm³/mol. The van der Waals surface area contributed by atoms with E-state index in [2.05, 4.69) is 27.9 Å². The molecule has 38 heavy (non-hydrogen) atoms. The standard InChI is InChI=1S/C29H39N5O4/c1-6-7-12-33(23-13-21(15-30)9-8-20(23)2)19-29(5)14-22(10-11-25(29)35)18-34(27(36)37)26-17-31-24(16-32-26)28(3,4)38/h8-9,13,16-17,22,38H,6-7,10-12,14,18-19H2,1-5H3,(H,36,37)/t22?,29-/m0/s1. The van der Waals surface area contributed by atoms with E-state index in [4.69, 9.17) is 0 Å². The summed E-state index contributed by atoms with van der Waals surface area (Å²) in [6.45, 7) is 10.8. The number of carbonyl (C=O) groups is 2. The second-order valence-electron chi connectivity index (χ2n) is 11.2. The Kier molecular flexibility index (Phi) is 9.10. The maximum absolute atomic E-state index is 13.3. The Morgan fingerprint density at radius 3 is 2.61 bits per heavy atom. The Morgan fingerprint density at radius 1 is 1.29 bits per heavy atom. The molecule has 2 atom stereocenters. The van der Waals surface area contributed by atoms with Crippen molar-refractivity contribution in [2.45, 2.75) is 72.3 Å². The van der Waals surface area contributed by atoms with E-state index in [0.717, 1.165) is 30.6 Å². The van der Waals surface area contributed by atoms with E-state index in [1.807, 2.05) is 26.0 Å². The summed E-state index contributed by atoms with van der Waals surface area (Å²) in [5, 5.41) is 29.5. The number of hydrogen-bond donors (Lipinski definition) is 2. The number of aromatic nitrogens is 2. The number of ketones is 1. The molecule has 0 bridgehead atoms. The van der Waals surface area contributed by atoms with Crippen molar-refractivity contribution in [3.63, 3.8) is 0 Å². The number of benzene rings is 1. The van der Waals surface area contributed by atoms with Crippen LogP contribution in [-0.4, -0.2) is 51.7 Å². The first kappa shape index (κ1) is 29.1. The van der Waals surface area contributed by atoms with E-state index in [9.17, 15) is 25.1 Å². The molecule has 0 spiro atoms. The highest BCUT2D eigenvalue weighted by atomic mass is 16.4. The van der Waals surface area contributed by atoms with Crippen LogP contribution >= 0.6 is 0 Å². The number of rotatable bonds is 10. The van der Waals surface area contributed by atoms with Crippen LogP contribution in [0.2, 0.25) is 0 Å². The maximum atomic E-state index is 13.3. The average Bonchev–Trinajstić information content (AvgIpc) is 2.87. The molecule has 1 aliphatic rings. The van der Waals surface area contributed by atoms with Gasteiger partial charge in [0.05, 0.1) is 29.7 Å². The Hall–Kier alpha value is -3.51. The molecule has 9 nitrogen and oxygen atoms in total. The minimum atomic E-state index is -1.18. The van der Waals surface area contributed by atoms with Crippen LogP contribution in [0.15, 0.2) is 30.6 Å². The molecule has 1 saturated carbocycles. The van der Waals surface area contributed by atoms with Crippen LogP contribution in [0.5, 0.6) is 0 Å². The van der Waals surface area contributed by atoms with E-state index in [1.165, 1.54) is 17.3 Å². The van der Waals surface area contributed by atoms with Crippen molar-refractivity contribution in [3.05, 3.63) is 47.4 Å². The third-order valence-corrected chi connectivity index (χ3v) is 7.41. The normalized spacial score (nSPS) is 19.6. The second kappa shape index (κ2) is 11.9. The Morgan fingerprint density at radius 2 is 2.03 bits per heavy atom. The number of amides is 1. The first-order valence-electron chi connectivity index (χ1n) is 13.2. The van der Waals surface area contributed by atoms with Crippen molar-refractivity contribution in [1.29, 1.82) is 5.26 Å². The number of carboxylic acid groups (broad SMARTS) is 1. The number of nitriles is 1. The van der Waals surface area contributed by atoms with Gasteiger partial charge >= 0.3 is 6.09 Å². The molecule has 1 aromatic heterocycles. The van der Waals surface area contributed by atoms with Gasteiger partial charge in [-0.3, -0.25) is 14.7 Å². The van der Waals surface area contributed by atoms with Crippen molar-refractivity contribution in [2.75, 3.05) is 29.4 Å². The van der Waals surface area contributed by atoms with Gasteiger partial charge in [0, 0.05) is 37.2 Å². The highest BCUT2D eigenvalue weighted by Gasteiger charge is 2.42. The zero-order valence-corrected chi connectivity index (χ0v) is 23.1. The highest BCUT2D eigenvalue weighted by molar-refractivity contribution is 5.87. The van der Waals surface area contributed by atoms with Crippen LogP contribution in [0.25, 0.3) is 0 Å². The Balaban J connectivity index is 1.83. The fourth-order valence-corrected chi connectivity index (χ4v) is 5.18. The van der Waals surface area contributed by atoms with E-state index < -0.39 is 17.1 Å². The summed E-state index contributed by atoms with van der Waals surface area (Å²) in [5.41, 5.74) is 1.10. The van der Waals surface area contributed by atoms with Gasteiger partial charge in [0.2, 0.25) is 0 Å². The summed E-state index contributed by atoms with van der Waals surface area (Å²) in [6.07, 6.45) is 5.11. The van der Waals surface area contributed by atoms with E-state index in [0.29, 0.717) is 37.1 Å². The molecule has 9 heteroatoms. The minimum Gasteiger partial charge on any atom is -0.465 e. The largest absolute Gasteiger partial charge is 0.465 e. The molecule has 2 aromatic rings. The Labute approximate surface area is 225 Å². The van der Waals surface area contributed by atoms with E-state index in [1.54, 1.807) is 19.9 Å². The molecule has 0 radical (unpaired) electrons. The fourth-order valence-electron chi connectivity index (χ4n) is 5.18. The number of carbonyl (C=O) groups excluding carboxylic acids is 1. The lowest BCUT2D eigenvalue weighted by Crippen LogP contribution is -2.47. The van der Waals surface area contributed by atoms with Crippen molar-refractivity contribution >= 4 is 23.4 Å². The zero-order chi connectivity index (χ0) is 28.1. The highest BCUT2D eigenvalue weighted by Crippen LogP contribution is 2.39. The molecule has 1 heterocycles. The number of nitrogens with zero attached hydrogens (tertiary/aromatic N) is 5. The molecule has 2 N–H and O–H groups in total. The number of anilines is 2. The van der Waals surface area contributed by atoms with Crippen LogP contribution in [0.1, 0.15) is 76.6 Å². The third kappa shape index (κ3) is 6.87. The van der Waals surface area contributed by atoms with Crippen molar-refractivity contribution in [1.82, 2.24) is 9.97 Å². The number of aliphatic hydroxyl groups is 1. The molecule has 0 saturated heterocycles. The quantitative estimate of drug-likeness (QED) is 0.444. The van der Waals surface area contributed by atoms with Gasteiger partial charge in [-0.25, -0.2) is 9.78 Å². The van der Waals surface area contributed by atoms with Gasteiger partial charge in [-0.05, 0) is 63.6 Å². The van der Waals surface area contributed by atoms with Crippen molar-refractivity contribution in [2.24, 2.45) is 11.3 Å². The van der Waals surface area contributed by atoms with Gasteiger partial charge in [-0.1, -0.05) is 26.3 Å². The first-order chi connectivity index (χ1) is 17.9. The average molecular weight is 522 g/mol. The predicted octanol–water partition coefficient (Wildman–Crippen LogP) is 5.05. The summed E-state index contributed by atoms with van der Waals surface area (Å²) in [4.78, 5) is 37.3. The van der Waals surface area contributed by atoms with E-state index >= 15 is 0 Å². The molecule has 0 aliphatic heterocycles. The molecule has 1 amide bonds. The molecule has 1 aliphatic carbocycles. The monoisotopic (exact) mass is 521 g/mol. The summed E-state index contributed by atoms with van der Waals surface area (Å²) >= 11 is 0. The van der Waals surface area contributed by atoms with Gasteiger partial charge in [-0.15, -0.1) is 0 Å². The van der Waals surface area contributed by atoms with Gasteiger partial charge in [0.1, 0.15) is 11.4 Å². The van der Waals surface area contributed by atoms with Gasteiger partial charge in [0.25, 0.3) is 0 Å². The lowest BCUT2D eigenvalue weighted by atomic mass is 9.69.